The zero-order valence-electron chi connectivity index (χ0n) is 18.3. The number of carbonyl (C=O) groups is 2. The van der Waals surface area contributed by atoms with Crippen LogP contribution in [0.4, 0.5) is 10.5 Å². The molecule has 2 aromatic carbocycles. The molecule has 0 amide bonds. The Morgan fingerprint density at radius 2 is 1.73 bits per heavy atom. The number of esters is 1. The number of aromatic nitrogens is 1. The maximum atomic E-state index is 13.1. The predicted molar refractivity (Wildman–Crippen MR) is 127 cm³/mol. The minimum absolute atomic E-state index is 0.0198. The third-order valence-corrected chi connectivity index (χ3v) is 6.20. The number of benzene rings is 2. The van der Waals surface area contributed by atoms with Crippen LogP contribution in [0.2, 0.25) is 10.0 Å². The van der Waals surface area contributed by atoms with Gasteiger partial charge in [0.25, 0.3) is 10.0 Å². The van der Waals surface area contributed by atoms with Crippen molar-refractivity contribution in [2.24, 2.45) is 0 Å². The first-order valence-corrected chi connectivity index (χ1v) is 12.1. The smallest absolute Gasteiger partial charge is 0.419 e. The predicted octanol–water partition coefficient (Wildman–Crippen LogP) is 5.71. The first kappa shape index (κ1) is 24.9. The maximum Gasteiger partial charge on any atom is 0.419 e. The van der Waals surface area contributed by atoms with Gasteiger partial charge in [0.15, 0.2) is 5.69 Å². The lowest BCUT2D eigenvalue weighted by atomic mass is 10.2. The summed E-state index contributed by atoms with van der Waals surface area (Å²) >= 11 is 12.6. The van der Waals surface area contributed by atoms with E-state index in [0.29, 0.717) is 0 Å². The Balaban J connectivity index is 2.37. The van der Waals surface area contributed by atoms with Gasteiger partial charge < -0.3 is 9.47 Å². The van der Waals surface area contributed by atoms with Crippen LogP contribution in [0.1, 0.15) is 38.2 Å². The van der Waals surface area contributed by atoms with E-state index in [1.807, 2.05) is 0 Å². The van der Waals surface area contributed by atoms with Gasteiger partial charge in [-0.3, -0.25) is 4.72 Å². The highest BCUT2D eigenvalue weighted by Gasteiger charge is 2.33. The second-order valence-electron chi connectivity index (χ2n) is 7.96. The molecule has 0 aliphatic rings. The molecule has 0 radical (unpaired) electrons. The summed E-state index contributed by atoms with van der Waals surface area (Å²) in [5, 5.41) is 0.285. The summed E-state index contributed by atoms with van der Waals surface area (Å²) in [4.78, 5) is 26.1. The number of nitrogens with one attached hydrogen (secondary N) is 1. The van der Waals surface area contributed by atoms with E-state index in [9.17, 15) is 18.0 Å². The monoisotopic (exact) mass is 512 g/mol. The van der Waals surface area contributed by atoms with Crippen LogP contribution in [0.5, 0.6) is 0 Å². The van der Waals surface area contributed by atoms with Crippen LogP contribution >= 0.6 is 23.2 Å². The molecule has 0 atom stereocenters. The van der Waals surface area contributed by atoms with Gasteiger partial charge >= 0.3 is 12.1 Å². The van der Waals surface area contributed by atoms with Crippen molar-refractivity contribution in [1.82, 2.24) is 4.57 Å². The number of sulfonamides is 1. The van der Waals surface area contributed by atoms with E-state index in [0.717, 1.165) is 4.57 Å². The van der Waals surface area contributed by atoms with E-state index >= 15 is 0 Å². The Kier molecular flexibility index (Phi) is 6.97. The standard InChI is InChI=1S/C22H22Cl2N2O6S/c1-5-31-20(27)19-18(25-33(29,30)14-9-7-6-8-10-14)17-15(24)11-13(23)12-16(17)26(19)21(28)32-22(2,3)4/h6-12,25H,5H2,1-4H3. The average Bonchev–Trinajstić information content (AvgIpc) is 3.01. The van der Waals surface area contributed by atoms with Crippen molar-refractivity contribution < 1.29 is 27.5 Å². The normalized spacial score (nSPS) is 11.9. The quantitative estimate of drug-likeness (QED) is 0.439. The fourth-order valence-corrected chi connectivity index (χ4v) is 4.79. The molecule has 0 aliphatic heterocycles. The minimum Gasteiger partial charge on any atom is -0.461 e. The molecule has 0 spiro atoms. The van der Waals surface area contributed by atoms with Crippen molar-refractivity contribution in [1.29, 1.82) is 0 Å². The van der Waals surface area contributed by atoms with E-state index in [2.05, 4.69) is 4.72 Å². The molecule has 1 heterocycles. The first-order chi connectivity index (χ1) is 15.4. The summed E-state index contributed by atoms with van der Waals surface area (Å²) in [6.45, 7) is 6.52. The summed E-state index contributed by atoms with van der Waals surface area (Å²) in [5.74, 6) is -0.947. The molecule has 0 bridgehead atoms. The van der Waals surface area contributed by atoms with Gasteiger partial charge in [-0.25, -0.2) is 22.6 Å². The molecule has 0 saturated carbocycles. The van der Waals surface area contributed by atoms with Gasteiger partial charge in [-0.15, -0.1) is 0 Å². The lowest BCUT2D eigenvalue weighted by Gasteiger charge is -2.20. The van der Waals surface area contributed by atoms with Crippen molar-refractivity contribution in [2.45, 2.75) is 38.2 Å². The van der Waals surface area contributed by atoms with Gasteiger partial charge in [-0.05, 0) is 52.0 Å². The van der Waals surface area contributed by atoms with Crippen LogP contribution in [-0.2, 0) is 19.5 Å². The Morgan fingerprint density at radius 1 is 1.09 bits per heavy atom. The second-order valence-corrected chi connectivity index (χ2v) is 10.5. The number of nitrogens with zero attached hydrogens (tertiary/aromatic N) is 1. The average molecular weight is 513 g/mol. The zero-order chi connectivity index (χ0) is 24.6. The molecule has 1 aromatic heterocycles. The Bertz CT molecular complexity index is 1330. The summed E-state index contributed by atoms with van der Waals surface area (Å²) in [6.07, 6.45) is -0.931. The van der Waals surface area contributed by atoms with E-state index in [1.54, 1.807) is 45.9 Å². The number of fused-ring (bicyclic) bond motifs is 1. The molecule has 176 valence electrons. The van der Waals surface area contributed by atoms with Gasteiger partial charge in [-0.2, -0.15) is 0 Å². The summed E-state index contributed by atoms with van der Waals surface area (Å²) in [6, 6.07) is 10.3. The van der Waals surface area contributed by atoms with E-state index in [-0.39, 0.29) is 43.8 Å². The lowest BCUT2D eigenvalue weighted by molar-refractivity contribution is 0.0455. The molecular formula is C22H22Cl2N2O6S. The third-order valence-electron chi connectivity index (χ3n) is 4.32. The van der Waals surface area contributed by atoms with Crippen molar-refractivity contribution >= 4 is 61.9 Å². The fraction of sp³-hybridized carbons (Fsp3) is 0.273. The topological polar surface area (TPSA) is 104 Å². The van der Waals surface area contributed by atoms with Crippen molar-refractivity contribution in [3.8, 4) is 0 Å². The number of rotatable bonds is 5. The highest BCUT2D eigenvalue weighted by molar-refractivity contribution is 7.92. The van der Waals surface area contributed by atoms with Gasteiger partial charge in [0.2, 0.25) is 0 Å². The number of carbonyl (C=O) groups excluding carboxylic acids is 2. The molecule has 3 aromatic rings. The van der Waals surface area contributed by atoms with Gasteiger partial charge in [0, 0.05) is 10.4 Å². The first-order valence-electron chi connectivity index (χ1n) is 9.87. The molecule has 0 aliphatic carbocycles. The van der Waals surface area contributed by atoms with Crippen LogP contribution in [0.25, 0.3) is 10.9 Å². The van der Waals surface area contributed by atoms with Gasteiger partial charge in [-0.1, -0.05) is 41.4 Å². The Morgan fingerprint density at radius 3 is 2.30 bits per heavy atom. The molecule has 0 unspecified atom stereocenters. The highest BCUT2D eigenvalue weighted by atomic mass is 35.5. The number of hydrogen-bond acceptors (Lipinski definition) is 6. The number of anilines is 1. The minimum atomic E-state index is -4.16. The molecule has 33 heavy (non-hydrogen) atoms. The van der Waals surface area contributed by atoms with Crippen molar-refractivity contribution in [3.63, 3.8) is 0 Å². The van der Waals surface area contributed by atoms with E-state index in [1.165, 1.54) is 24.3 Å². The van der Waals surface area contributed by atoms with Crippen LogP contribution in [0.3, 0.4) is 0 Å². The molecule has 11 heteroatoms. The third kappa shape index (κ3) is 5.26. The number of ether oxygens (including phenoxy) is 2. The number of hydrogen-bond donors (Lipinski definition) is 1. The molecule has 8 nitrogen and oxygen atoms in total. The molecule has 0 saturated heterocycles. The summed E-state index contributed by atoms with van der Waals surface area (Å²) < 4.78 is 40.1. The maximum absolute atomic E-state index is 13.1. The number of halogens is 2. The van der Waals surface area contributed by atoms with Gasteiger partial charge in [0.1, 0.15) is 5.60 Å². The Hall–Kier alpha value is -2.75. The van der Waals surface area contributed by atoms with Crippen LogP contribution < -0.4 is 4.72 Å². The lowest BCUT2D eigenvalue weighted by Crippen LogP contribution is -2.29. The molecule has 3 rings (SSSR count). The Labute approximate surface area is 201 Å². The fourth-order valence-electron chi connectivity index (χ4n) is 3.12. The van der Waals surface area contributed by atoms with Gasteiger partial charge in [0.05, 0.1) is 27.7 Å². The van der Waals surface area contributed by atoms with E-state index in [4.69, 9.17) is 32.7 Å². The molecular weight excluding hydrogens is 491 g/mol. The SMILES string of the molecule is CCOC(=O)c1c(NS(=O)(=O)c2ccccc2)c2c(Cl)cc(Cl)cc2n1C(=O)OC(C)(C)C. The zero-order valence-corrected chi connectivity index (χ0v) is 20.6. The largest absolute Gasteiger partial charge is 0.461 e. The van der Waals surface area contributed by atoms with Crippen molar-refractivity contribution in [2.75, 3.05) is 11.3 Å². The molecule has 1 N–H and O–H groups in total. The highest BCUT2D eigenvalue weighted by Crippen LogP contribution is 2.40. The summed E-state index contributed by atoms with van der Waals surface area (Å²) in [7, 11) is -4.16. The van der Waals surface area contributed by atoms with Crippen LogP contribution in [-0.4, -0.2) is 37.3 Å². The van der Waals surface area contributed by atoms with Crippen LogP contribution in [0, 0.1) is 0 Å². The van der Waals surface area contributed by atoms with Crippen molar-refractivity contribution in [3.05, 3.63) is 58.2 Å². The second kappa shape index (κ2) is 9.24. The van der Waals surface area contributed by atoms with E-state index < -0.39 is 27.7 Å². The molecule has 0 fully saturated rings. The van der Waals surface area contributed by atoms with Crippen LogP contribution in [0.15, 0.2) is 47.4 Å². The summed E-state index contributed by atoms with van der Waals surface area (Å²) in [5.41, 5.74) is -1.44.